The highest BCUT2D eigenvalue weighted by molar-refractivity contribution is 8.13. The number of rotatable bonds is 11. The average Bonchev–Trinajstić information content (AvgIpc) is 2.49. The topological polar surface area (TPSA) is 86.8 Å². The summed E-state index contributed by atoms with van der Waals surface area (Å²) in [5.74, 6) is 0. The van der Waals surface area contributed by atoms with E-state index in [1.54, 1.807) is 4.90 Å². The van der Waals surface area contributed by atoms with Crippen molar-refractivity contribution in [1.82, 2.24) is 0 Å². The molecule has 0 aromatic rings. The maximum atomic E-state index is 11.4. The van der Waals surface area contributed by atoms with Gasteiger partial charge < -0.3 is 9.03 Å². The van der Waals surface area contributed by atoms with Crippen molar-refractivity contribution >= 4 is 20.0 Å². The van der Waals surface area contributed by atoms with E-state index in [-0.39, 0.29) is 0 Å². The number of halogens is 6. The first-order valence-corrected chi connectivity index (χ1v) is 11.6. The summed E-state index contributed by atoms with van der Waals surface area (Å²) in [6.45, 7) is 7.30. The molecule has 0 aromatic carbocycles. The zero-order valence-corrected chi connectivity index (χ0v) is 17.7. The maximum absolute atomic E-state index is 11.4. The fraction of sp³-hybridized carbons (Fsp3) is 1.00. The zero-order chi connectivity index (χ0) is 22.6. The number of hydrogen-bond donors (Lipinski definition) is 1. The molecule has 0 fully saturated rings. The van der Waals surface area contributed by atoms with E-state index in [0.29, 0.717) is 0 Å². The molecule has 0 saturated heterocycles. The van der Waals surface area contributed by atoms with E-state index in [4.69, 9.17) is 0 Å². The first-order chi connectivity index (χ1) is 12.5. The van der Waals surface area contributed by atoms with E-state index >= 15 is 0 Å². The Kier molecular flexibility index (Phi) is 13.6. The predicted molar refractivity (Wildman–Crippen MR) is 93.6 cm³/mol. The van der Waals surface area contributed by atoms with Crippen LogP contribution in [0.15, 0.2) is 0 Å². The highest BCUT2D eigenvalue weighted by Gasteiger charge is 2.46. The van der Waals surface area contributed by atoms with Crippen molar-refractivity contribution in [3.05, 3.63) is 4.13 Å². The second-order valence-corrected chi connectivity index (χ2v) is 9.56. The van der Waals surface area contributed by atoms with Gasteiger partial charge in [0, 0.05) is 0 Å². The Morgan fingerprint density at radius 1 is 0.679 bits per heavy atom. The third-order valence-corrected chi connectivity index (χ3v) is 6.19. The van der Waals surface area contributed by atoms with Gasteiger partial charge in [0.2, 0.25) is 0 Å². The van der Waals surface area contributed by atoms with Crippen LogP contribution >= 0.6 is 0 Å². The molecule has 14 heteroatoms. The lowest BCUT2D eigenvalue weighted by Crippen LogP contribution is -3.09. The SMILES string of the molecule is CCCCCC[NH+](C)CCCCC.O=S(=O)([N-]S(=O)(=O)C(F)(F)F)C(F)(F)F. The summed E-state index contributed by atoms with van der Waals surface area (Å²) < 4.78 is 109. The molecule has 28 heavy (non-hydrogen) atoms. The minimum atomic E-state index is -6.72. The lowest BCUT2D eigenvalue weighted by Gasteiger charge is -2.22. The molecule has 0 radical (unpaired) electrons. The summed E-state index contributed by atoms with van der Waals surface area (Å²) in [4.78, 5) is 1.73. The molecule has 0 aliphatic rings. The van der Waals surface area contributed by atoms with Crippen molar-refractivity contribution in [1.29, 1.82) is 0 Å². The fourth-order valence-electron chi connectivity index (χ4n) is 1.87. The van der Waals surface area contributed by atoms with Crippen molar-refractivity contribution < 1.29 is 48.1 Å². The number of quaternary nitrogens is 1. The van der Waals surface area contributed by atoms with Gasteiger partial charge in [-0.3, -0.25) is 0 Å². The van der Waals surface area contributed by atoms with Crippen LogP contribution in [-0.4, -0.2) is 48.0 Å². The molecule has 1 unspecified atom stereocenters. The van der Waals surface area contributed by atoms with Crippen LogP contribution in [-0.2, 0) is 20.0 Å². The summed E-state index contributed by atoms with van der Waals surface area (Å²) in [5, 5.41) is 0. The largest absolute Gasteiger partial charge is 0.480 e. The van der Waals surface area contributed by atoms with E-state index in [1.165, 1.54) is 58.0 Å². The minimum absolute atomic E-state index is 0.778. The van der Waals surface area contributed by atoms with Crippen LogP contribution in [0, 0.1) is 0 Å². The van der Waals surface area contributed by atoms with E-state index in [0.717, 1.165) is 4.13 Å². The van der Waals surface area contributed by atoms with Crippen LogP contribution < -0.4 is 4.90 Å². The van der Waals surface area contributed by atoms with Gasteiger partial charge in [-0.05, 0) is 25.7 Å². The first-order valence-electron chi connectivity index (χ1n) is 8.70. The summed E-state index contributed by atoms with van der Waals surface area (Å²) in [6, 6.07) is 0. The number of nitrogens with one attached hydrogen (secondary N) is 1. The van der Waals surface area contributed by atoms with Crippen molar-refractivity contribution in [3.63, 3.8) is 0 Å². The molecule has 0 aliphatic heterocycles. The van der Waals surface area contributed by atoms with Gasteiger partial charge in [-0.2, -0.15) is 26.3 Å². The van der Waals surface area contributed by atoms with Crippen LogP contribution in [0.4, 0.5) is 26.3 Å². The highest BCUT2D eigenvalue weighted by atomic mass is 32.3. The summed E-state index contributed by atoms with van der Waals surface area (Å²) in [6.07, 6.45) is 9.80. The van der Waals surface area contributed by atoms with Crippen LogP contribution in [0.25, 0.3) is 4.13 Å². The van der Waals surface area contributed by atoms with Gasteiger partial charge in [0.25, 0.3) is 0 Å². The van der Waals surface area contributed by atoms with E-state index in [9.17, 15) is 43.2 Å². The van der Waals surface area contributed by atoms with Crippen LogP contribution in [0.3, 0.4) is 0 Å². The first kappa shape index (κ1) is 29.6. The fourth-order valence-corrected chi connectivity index (χ4v) is 3.58. The molecule has 0 spiro atoms. The zero-order valence-electron chi connectivity index (χ0n) is 16.0. The van der Waals surface area contributed by atoms with Crippen LogP contribution in [0.1, 0.15) is 58.8 Å². The molecule has 0 amide bonds. The second kappa shape index (κ2) is 12.9. The highest BCUT2D eigenvalue weighted by Crippen LogP contribution is 2.36. The van der Waals surface area contributed by atoms with E-state index in [1.807, 2.05) is 0 Å². The summed E-state index contributed by atoms with van der Waals surface area (Å²) in [5.41, 5.74) is -12.4. The Morgan fingerprint density at radius 2 is 1.00 bits per heavy atom. The molecule has 0 rings (SSSR count). The Bertz CT molecular complexity index is 577. The Morgan fingerprint density at radius 3 is 1.32 bits per heavy atom. The quantitative estimate of drug-likeness (QED) is 0.374. The normalized spacial score (nSPS) is 14.3. The summed E-state index contributed by atoms with van der Waals surface area (Å²) in [7, 11) is -11.1. The molecule has 0 aliphatic carbocycles. The minimum Gasteiger partial charge on any atom is -0.421 e. The Hall–Kier alpha value is -0.600. The van der Waals surface area contributed by atoms with Crippen molar-refractivity contribution in [2.75, 3.05) is 20.1 Å². The molecular formula is C14H28F6N2O4S2. The molecule has 1 N–H and O–H groups in total. The van der Waals surface area contributed by atoms with Gasteiger partial charge in [0.15, 0.2) is 20.0 Å². The predicted octanol–water partition coefficient (Wildman–Crippen LogP) is 3.33. The lowest BCUT2D eigenvalue weighted by molar-refractivity contribution is -0.880. The van der Waals surface area contributed by atoms with Gasteiger partial charge in [-0.15, -0.1) is 0 Å². The maximum Gasteiger partial charge on any atom is 0.480 e. The molecule has 0 saturated carbocycles. The third kappa shape index (κ3) is 12.8. The van der Waals surface area contributed by atoms with Crippen molar-refractivity contribution in [2.45, 2.75) is 69.8 Å². The van der Waals surface area contributed by atoms with Gasteiger partial charge in [0.05, 0.1) is 20.1 Å². The monoisotopic (exact) mass is 466 g/mol. The summed E-state index contributed by atoms with van der Waals surface area (Å²) >= 11 is 0. The molecular weight excluding hydrogens is 438 g/mol. The van der Waals surface area contributed by atoms with Gasteiger partial charge in [0.1, 0.15) is 0 Å². The van der Waals surface area contributed by atoms with E-state index < -0.39 is 31.1 Å². The standard InChI is InChI=1S/C12H27N.C2F6NO4S2/c1-4-6-8-10-12-13(3)11-9-7-5-2;3-1(4,5)14(10,11)9-15(12,13)2(6,7)8/h4-12H2,1-3H3;/q;-1/p+1. The average molecular weight is 467 g/mol. The van der Waals surface area contributed by atoms with Gasteiger partial charge in [-0.25, -0.2) is 16.8 Å². The Labute approximate surface area is 162 Å². The number of nitrogens with zero attached hydrogens (tertiary/aromatic N) is 1. The molecule has 0 bridgehead atoms. The molecule has 1 atom stereocenters. The Balaban J connectivity index is 0. The van der Waals surface area contributed by atoms with Crippen molar-refractivity contribution in [3.8, 4) is 0 Å². The molecule has 6 nitrogen and oxygen atoms in total. The number of sulfonamides is 2. The number of alkyl halides is 6. The molecule has 0 aromatic heterocycles. The van der Waals surface area contributed by atoms with Crippen LogP contribution in [0.2, 0.25) is 0 Å². The number of unbranched alkanes of at least 4 members (excludes halogenated alkanes) is 5. The second-order valence-electron chi connectivity index (χ2n) is 6.14. The van der Waals surface area contributed by atoms with Gasteiger partial charge >= 0.3 is 11.0 Å². The van der Waals surface area contributed by atoms with Crippen molar-refractivity contribution in [2.24, 2.45) is 0 Å². The third-order valence-electron chi connectivity index (χ3n) is 3.45. The smallest absolute Gasteiger partial charge is 0.421 e. The van der Waals surface area contributed by atoms with Crippen LogP contribution in [0.5, 0.6) is 0 Å². The molecule has 0 heterocycles. The molecule has 172 valence electrons. The van der Waals surface area contributed by atoms with Gasteiger partial charge in [-0.1, -0.05) is 33.1 Å². The number of hydrogen-bond acceptors (Lipinski definition) is 4. The van der Waals surface area contributed by atoms with E-state index in [2.05, 4.69) is 20.9 Å². The lowest BCUT2D eigenvalue weighted by atomic mass is 10.2.